The number of ether oxygens (including phenoxy) is 1. The topological polar surface area (TPSA) is 116 Å². The molecule has 3 aromatic rings. The first-order valence-corrected chi connectivity index (χ1v) is 12.3. The summed E-state index contributed by atoms with van der Waals surface area (Å²) in [5, 5.41) is 13.0. The Labute approximate surface area is 185 Å². The average molecular weight is 464 g/mol. The number of benzene rings is 1. The van der Waals surface area contributed by atoms with Gasteiger partial charge in [0.15, 0.2) is 11.5 Å². The summed E-state index contributed by atoms with van der Waals surface area (Å²) < 4.78 is 34.1. The molecular formula is C20H25N5O4S2. The number of nitrogens with one attached hydrogen (secondary N) is 1. The summed E-state index contributed by atoms with van der Waals surface area (Å²) in [6, 6.07) is 10.2. The molecule has 0 aliphatic carbocycles. The summed E-state index contributed by atoms with van der Waals surface area (Å²) >= 11 is 1.32. The molecule has 1 aromatic carbocycles. The van der Waals surface area contributed by atoms with Crippen molar-refractivity contribution in [3.05, 3.63) is 47.8 Å². The number of aromatic nitrogens is 4. The van der Waals surface area contributed by atoms with Gasteiger partial charge in [-0.05, 0) is 44.5 Å². The Kier molecular flexibility index (Phi) is 7.63. The lowest BCUT2D eigenvalue weighted by Crippen LogP contribution is -2.26. The quantitative estimate of drug-likeness (QED) is 0.360. The zero-order valence-corrected chi connectivity index (χ0v) is 19.2. The van der Waals surface area contributed by atoms with Crippen LogP contribution in [-0.2, 0) is 26.0 Å². The lowest BCUT2D eigenvalue weighted by molar-refractivity contribution is -0.142. The number of carbonyl (C=O) groups excluding carboxylic acids is 1. The summed E-state index contributed by atoms with van der Waals surface area (Å²) in [5.41, 5.74) is 1.53. The van der Waals surface area contributed by atoms with Gasteiger partial charge < -0.3 is 4.74 Å². The average Bonchev–Trinajstić information content (AvgIpc) is 3.14. The van der Waals surface area contributed by atoms with Gasteiger partial charge in [0.05, 0.1) is 11.5 Å². The number of nitrogens with zero attached hydrogens (tertiary/aromatic N) is 4. The molecule has 0 aliphatic rings. The van der Waals surface area contributed by atoms with Gasteiger partial charge in [-0.2, -0.15) is 9.61 Å². The zero-order valence-electron chi connectivity index (χ0n) is 17.6. The molecule has 0 amide bonds. The first kappa shape index (κ1) is 23.2. The van der Waals surface area contributed by atoms with Crippen molar-refractivity contribution >= 4 is 33.4 Å². The number of hydrogen-bond acceptors (Lipinski definition) is 8. The molecule has 0 spiro atoms. The fraction of sp³-hybridized carbons (Fsp3) is 0.400. The highest BCUT2D eigenvalue weighted by Crippen LogP contribution is 2.25. The van der Waals surface area contributed by atoms with Gasteiger partial charge in [0.1, 0.15) is 10.3 Å². The normalized spacial score (nSPS) is 12.7. The SMILES string of the molecule is CCOC(=O)[C@@H](CC)Sc1ccc2nnc(CCNS(=O)(=O)c3ccc(C)cc3)n2n1. The van der Waals surface area contributed by atoms with Crippen LogP contribution in [0.2, 0.25) is 0 Å². The number of sulfonamides is 1. The fourth-order valence-corrected chi connectivity index (χ4v) is 4.74. The van der Waals surface area contributed by atoms with E-state index in [1.165, 1.54) is 11.8 Å². The molecule has 9 nitrogen and oxygen atoms in total. The van der Waals surface area contributed by atoms with Crippen LogP contribution < -0.4 is 4.72 Å². The van der Waals surface area contributed by atoms with E-state index in [9.17, 15) is 13.2 Å². The van der Waals surface area contributed by atoms with Crippen LogP contribution in [0.1, 0.15) is 31.7 Å². The minimum atomic E-state index is -3.61. The number of carbonyl (C=O) groups is 1. The van der Waals surface area contributed by atoms with Crippen molar-refractivity contribution < 1.29 is 17.9 Å². The van der Waals surface area contributed by atoms with Crippen molar-refractivity contribution in [3.8, 4) is 0 Å². The molecule has 3 rings (SSSR count). The van der Waals surface area contributed by atoms with Crippen molar-refractivity contribution in [3.63, 3.8) is 0 Å². The highest BCUT2D eigenvalue weighted by molar-refractivity contribution is 8.00. The Morgan fingerprint density at radius 3 is 2.58 bits per heavy atom. The van der Waals surface area contributed by atoms with E-state index in [0.29, 0.717) is 35.9 Å². The molecule has 0 fully saturated rings. The molecule has 166 valence electrons. The van der Waals surface area contributed by atoms with E-state index in [0.717, 1.165) is 5.56 Å². The van der Waals surface area contributed by atoms with Crippen LogP contribution in [0.15, 0.2) is 46.3 Å². The third kappa shape index (κ3) is 5.81. The number of rotatable bonds is 10. The number of hydrogen-bond donors (Lipinski definition) is 1. The highest BCUT2D eigenvalue weighted by atomic mass is 32.2. The van der Waals surface area contributed by atoms with Gasteiger partial charge in [-0.25, -0.2) is 13.1 Å². The molecule has 0 saturated carbocycles. The predicted molar refractivity (Wildman–Crippen MR) is 117 cm³/mol. The van der Waals surface area contributed by atoms with E-state index in [-0.39, 0.29) is 22.7 Å². The minimum Gasteiger partial charge on any atom is -0.465 e. The first-order valence-electron chi connectivity index (χ1n) is 9.95. The van der Waals surface area contributed by atoms with E-state index in [4.69, 9.17) is 4.74 Å². The van der Waals surface area contributed by atoms with E-state index >= 15 is 0 Å². The Morgan fingerprint density at radius 2 is 1.90 bits per heavy atom. The highest BCUT2D eigenvalue weighted by Gasteiger charge is 2.21. The molecule has 0 radical (unpaired) electrons. The molecule has 1 N–H and O–H groups in total. The van der Waals surface area contributed by atoms with E-state index in [1.54, 1.807) is 47.8 Å². The lowest BCUT2D eigenvalue weighted by atomic mass is 10.2. The second kappa shape index (κ2) is 10.2. The van der Waals surface area contributed by atoms with Gasteiger partial charge in [-0.15, -0.1) is 10.2 Å². The van der Waals surface area contributed by atoms with Crippen LogP contribution >= 0.6 is 11.8 Å². The number of fused-ring (bicyclic) bond motifs is 1. The van der Waals surface area contributed by atoms with Crippen molar-refractivity contribution in [1.29, 1.82) is 0 Å². The molecule has 0 bridgehead atoms. The summed E-state index contributed by atoms with van der Waals surface area (Å²) in [4.78, 5) is 12.3. The molecule has 2 aromatic heterocycles. The van der Waals surface area contributed by atoms with E-state index in [1.807, 2.05) is 13.8 Å². The maximum Gasteiger partial charge on any atom is 0.319 e. The third-order valence-electron chi connectivity index (χ3n) is 4.46. The minimum absolute atomic E-state index is 0.149. The largest absolute Gasteiger partial charge is 0.465 e. The van der Waals surface area contributed by atoms with E-state index in [2.05, 4.69) is 20.0 Å². The Morgan fingerprint density at radius 1 is 1.16 bits per heavy atom. The standard InChI is InChI=1S/C20H25N5O4S2/c1-4-16(20(26)29-5-2)30-19-11-10-17-22-23-18(25(17)24-19)12-13-21-31(27,28)15-8-6-14(3)7-9-15/h6-11,16,21H,4-5,12-13H2,1-3H3/t16-/m1/s1. The van der Waals surface area contributed by atoms with Gasteiger partial charge in [0.25, 0.3) is 0 Å². The van der Waals surface area contributed by atoms with Gasteiger partial charge in [0.2, 0.25) is 10.0 Å². The van der Waals surface area contributed by atoms with Crippen molar-refractivity contribution in [2.75, 3.05) is 13.2 Å². The van der Waals surface area contributed by atoms with Gasteiger partial charge in [-0.3, -0.25) is 4.79 Å². The van der Waals surface area contributed by atoms with E-state index < -0.39 is 10.0 Å². The van der Waals surface area contributed by atoms with Gasteiger partial charge in [0, 0.05) is 13.0 Å². The number of esters is 1. The summed E-state index contributed by atoms with van der Waals surface area (Å²) in [7, 11) is -3.61. The molecule has 0 saturated heterocycles. The number of aryl methyl sites for hydroxylation is 1. The van der Waals surface area contributed by atoms with Crippen LogP contribution in [0.4, 0.5) is 0 Å². The smallest absolute Gasteiger partial charge is 0.319 e. The van der Waals surface area contributed by atoms with Crippen LogP contribution in [0.3, 0.4) is 0 Å². The Balaban J connectivity index is 1.69. The molecule has 0 aliphatic heterocycles. The molecule has 11 heteroatoms. The van der Waals surface area contributed by atoms with Gasteiger partial charge in [-0.1, -0.05) is 36.4 Å². The maximum atomic E-state index is 12.4. The predicted octanol–water partition coefficient (Wildman–Crippen LogP) is 2.39. The first-order chi connectivity index (χ1) is 14.8. The monoisotopic (exact) mass is 463 g/mol. The summed E-state index contributed by atoms with van der Waals surface area (Å²) in [6.07, 6.45) is 0.918. The summed E-state index contributed by atoms with van der Waals surface area (Å²) in [5.74, 6) is 0.250. The lowest BCUT2D eigenvalue weighted by Gasteiger charge is -2.12. The zero-order chi connectivity index (χ0) is 22.4. The summed E-state index contributed by atoms with van der Waals surface area (Å²) in [6.45, 7) is 6.07. The Bertz CT molecular complexity index is 1150. The fourth-order valence-electron chi connectivity index (χ4n) is 2.81. The second-order valence-corrected chi connectivity index (χ2v) is 9.78. The van der Waals surface area contributed by atoms with Crippen LogP contribution in [0, 0.1) is 6.92 Å². The van der Waals surface area contributed by atoms with Crippen molar-refractivity contribution in [2.45, 2.75) is 48.8 Å². The second-order valence-electron chi connectivity index (χ2n) is 6.79. The maximum absolute atomic E-state index is 12.4. The van der Waals surface area contributed by atoms with Crippen LogP contribution in [0.5, 0.6) is 0 Å². The van der Waals surface area contributed by atoms with Crippen molar-refractivity contribution in [2.24, 2.45) is 0 Å². The van der Waals surface area contributed by atoms with Gasteiger partial charge >= 0.3 is 5.97 Å². The molecule has 31 heavy (non-hydrogen) atoms. The molecule has 2 heterocycles. The molecule has 1 atom stereocenters. The third-order valence-corrected chi connectivity index (χ3v) is 7.20. The van der Waals surface area contributed by atoms with Crippen molar-refractivity contribution in [1.82, 2.24) is 24.5 Å². The van der Waals surface area contributed by atoms with Crippen LogP contribution in [0.25, 0.3) is 5.65 Å². The number of thioether (sulfide) groups is 1. The van der Waals surface area contributed by atoms with Crippen LogP contribution in [-0.4, -0.2) is 52.6 Å². The Hall–Kier alpha value is -2.50. The molecular weight excluding hydrogens is 438 g/mol. The molecule has 0 unspecified atom stereocenters.